The van der Waals surface area contributed by atoms with Crippen molar-refractivity contribution in [3.63, 3.8) is 0 Å². The first-order valence-corrected chi connectivity index (χ1v) is 11.0. The number of benzene rings is 1. The number of thiazole rings is 2. The second-order valence-corrected chi connectivity index (χ2v) is 8.03. The highest BCUT2D eigenvalue weighted by Crippen LogP contribution is 2.31. The third-order valence-electron chi connectivity index (χ3n) is 4.19. The van der Waals surface area contributed by atoms with Gasteiger partial charge in [-0.3, -0.25) is 4.99 Å². The number of rotatable bonds is 7. The minimum absolute atomic E-state index is 0.142. The Balaban J connectivity index is 1.46. The molecule has 0 bridgehead atoms. The highest BCUT2D eigenvalue weighted by molar-refractivity contribution is 7.14. The third-order valence-corrected chi connectivity index (χ3v) is 5.83. The van der Waals surface area contributed by atoms with E-state index in [1.807, 2.05) is 16.8 Å². The summed E-state index contributed by atoms with van der Waals surface area (Å²) >= 11 is 3.17. The lowest BCUT2D eigenvalue weighted by Gasteiger charge is -2.13. The summed E-state index contributed by atoms with van der Waals surface area (Å²) in [6.07, 6.45) is 1.06. The van der Waals surface area contributed by atoms with E-state index in [-0.39, 0.29) is 6.61 Å². The number of aliphatic imine (C=N–C) groups is 1. The average Bonchev–Trinajstić information content (AvgIpc) is 3.39. The Bertz CT molecular complexity index is 951. The van der Waals surface area contributed by atoms with Gasteiger partial charge in [0.15, 0.2) is 11.1 Å². The molecule has 0 fully saturated rings. The van der Waals surface area contributed by atoms with Crippen LogP contribution >= 0.6 is 22.7 Å². The van der Waals surface area contributed by atoms with Gasteiger partial charge in [-0.05, 0) is 18.1 Å². The smallest absolute Gasteiger partial charge is 0.197 e. The summed E-state index contributed by atoms with van der Waals surface area (Å²) in [5.74, 6) is 0.790. The first-order chi connectivity index (χ1) is 13.8. The van der Waals surface area contributed by atoms with E-state index in [2.05, 4.69) is 44.1 Å². The number of guanidine groups is 1. The van der Waals surface area contributed by atoms with E-state index in [4.69, 9.17) is 10.1 Å². The zero-order valence-electron chi connectivity index (χ0n) is 15.3. The molecule has 0 saturated carbocycles. The molecule has 0 unspecified atom stereocenters. The van der Waals surface area contributed by atoms with E-state index in [1.165, 1.54) is 5.56 Å². The molecular formula is C19H22N6OS2. The molecule has 7 nitrogen and oxygen atoms in total. The van der Waals surface area contributed by atoms with Crippen molar-refractivity contribution in [2.45, 2.75) is 13.0 Å². The molecule has 1 aromatic carbocycles. The van der Waals surface area contributed by atoms with Gasteiger partial charge < -0.3 is 21.1 Å². The Hall–Kier alpha value is -2.33. The van der Waals surface area contributed by atoms with Gasteiger partial charge in [0.25, 0.3) is 0 Å². The second kappa shape index (κ2) is 9.24. The van der Waals surface area contributed by atoms with Crippen LogP contribution in [0.15, 0.2) is 40.0 Å². The first kappa shape index (κ1) is 19.0. The summed E-state index contributed by atoms with van der Waals surface area (Å²) in [6.45, 7) is 3.24. The molecular weight excluding hydrogens is 392 g/mol. The number of hydrogen-bond donors (Lipinski definition) is 4. The van der Waals surface area contributed by atoms with Gasteiger partial charge in [-0.25, -0.2) is 9.97 Å². The molecule has 3 heterocycles. The van der Waals surface area contributed by atoms with Gasteiger partial charge in [-0.15, -0.1) is 22.7 Å². The lowest BCUT2D eigenvalue weighted by Crippen LogP contribution is -2.35. The maximum absolute atomic E-state index is 8.89. The summed E-state index contributed by atoms with van der Waals surface area (Å²) < 4.78 is 0. The number of aliphatic hydroxyl groups excluding tert-OH is 1. The van der Waals surface area contributed by atoms with Crippen LogP contribution in [-0.4, -0.2) is 47.3 Å². The standard InChI is InChI=1S/C19H22N6OS2/c26-8-7-20-10-13-3-1-4-14(9-13)17-23-15(11-27-17)16-12-28-19(24-16)25-18-21-5-2-6-22-18/h1,3-4,9,11-12,20,26H,2,5-8,10H2,(H2,21,22,24,25). The second-order valence-electron chi connectivity index (χ2n) is 6.31. The van der Waals surface area contributed by atoms with Crippen molar-refractivity contribution in [1.82, 2.24) is 20.6 Å². The summed E-state index contributed by atoms with van der Waals surface area (Å²) in [7, 11) is 0. The number of nitrogens with one attached hydrogen (secondary N) is 3. The number of anilines is 1. The van der Waals surface area contributed by atoms with Gasteiger partial charge >= 0.3 is 0 Å². The lowest BCUT2D eigenvalue weighted by atomic mass is 10.1. The summed E-state index contributed by atoms with van der Waals surface area (Å²) in [5.41, 5.74) is 4.01. The molecule has 1 aliphatic heterocycles. The Morgan fingerprint density at radius 2 is 2.04 bits per heavy atom. The van der Waals surface area contributed by atoms with Crippen LogP contribution in [0.1, 0.15) is 12.0 Å². The topological polar surface area (TPSA) is 94.5 Å². The molecule has 28 heavy (non-hydrogen) atoms. The minimum atomic E-state index is 0.142. The predicted octanol–water partition coefficient (Wildman–Crippen LogP) is 2.78. The lowest BCUT2D eigenvalue weighted by molar-refractivity contribution is 0.292. The van der Waals surface area contributed by atoms with Crippen LogP contribution in [0.4, 0.5) is 5.13 Å². The minimum Gasteiger partial charge on any atom is -0.395 e. The van der Waals surface area contributed by atoms with Gasteiger partial charge in [0.2, 0.25) is 0 Å². The Kier molecular flexibility index (Phi) is 6.27. The van der Waals surface area contributed by atoms with Crippen LogP contribution in [0, 0.1) is 0 Å². The predicted molar refractivity (Wildman–Crippen MR) is 116 cm³/mol. The van der Waals surface area contributed by atoms with Crippen LogP contribution in [0.25, 0.3) is 22.0 Å². The molecule has 4 rings (SSSR count). The van der Waals surface area contributed by atoms with E-state index in [9.17, 15) is 0 Å². The van der Waals surface area contributed by atoms with Crippen LogP contribution in [-0.2, 0) is 6.54 Å². The molecule has 2 aromatic heterocycles. The van der Waals surface area contributed by atoms with Gasteiger partial charge in [0, 0.05) is 42.5 Å². The molecule has 146 valence electrons. The van der Waals surface area contributed by atoms with Crippen LogP contribution in [0.3, 0.4) is 0 Å². The first-order valence-electron chi connectivity index (χ1n) is 9.19. The van der Waals surface area contributed by atoms with Crippen LogP contribution in [0.5, 0.6) is 0 Å². The zero-order chi connectivity index (χ0) is 19.2. The summed E-state index contributed by atoms with van der Waals surface area (Å²) in [4.78, 5) is 13.8. The van der Waals surface area contributed by atoms with Crippen LogP contribution in [0.2, 0.25) is 0 Å². The van der Waals surface area contributed by atoms with E-state index in [0.717, 1.165) is 59.1 Å². The summed E-state index contributed by atoms with van der Waals surface area (Å²) in [5, 5.41) is 24.4. The fraction of sp³-hybridized carbons (Fsp3) is 0.316. The van der Waals surface area contributed by atoms with Gasteiger partial charge in [-0.2, -0.15) is 0 Å². The van der Waals surface area contributed by atoms with E-state index in [1.54, 1.807) is 22.7 Å². The van der Waals surface area contributed by atoms with E-state index < -0.39 is 0 Å². The normalized spacial score (nSPS) is 13.8. The number of nitrogens with zero attached hydrogens (tertiary/aromatic N) is 3. The van der Waals surface area contributed by atoms with Crippen molar-refractivity contribution in [3.05, 3.63) is 40.6 Å². The highest BCUT2D eigenvalue weighted by atomic mass is 32.1. The van der Waals surface area contributed by atoms with E-state index >= 15 is 0 Å². The van der Waals surface area contributed by atoms with Crippen molar-refractivity contribution >= 4 is 33.8 Å². The fourth-order valence-electron chi connectivity index (χ4n) is 2.82. The molecule has 1 aliphatic rings. The number of aromatic nitrogens is 2. The maximum atomic E-state index is 8.89. The largest absolute Gasteiger partial charge is 0.395 e. The van der Waals surface area contributed by atoms with E-state index in [0.29, 0.717) is 6.54 Å². The van der Waals surface area contributed by atoms with Crippen molar-refractivity contribution in [2.24, 2.45) is 4.99 Å². The molecule has 9 heteroatoms. The third kappa shape index (κ3) is 4.74. The van der Waals surface area contributed by atoms with Crippen molar-refractivity contribution in [1.29, 1.82) is 0 Å². The van der Waals surface area contributed by atoms with Gasteiger partial charge in [0.1, 0.15) is 16.4 Å². The molecule has 0 atom stereocenters. The number of hydrogen-bond acceptors (Lipinski definition) is 9. The highest BCUT2D eigenvalue weighted by Gasteiger charge is 2.12. The molecule has 0 amide bonds. The Morgan fingerprint density at radius 3 is 2.89 bits per heavy atom. The molecule has 0 aliphatic carbocycles. The van der Waals surface area contributed by atoms with Crippen LogP contribution < -0.4 is 16.0 Å². The van der Waals surface area contributed by atoms with Crippen molar-refractivity contribution in [3.8, 4) is 22.0 Å². The van der Waals surface area contributed by atoms with Gasteiger partial charge in [0.05, 0.1) is 6.61 Å². The molecule has 0 saturated heterocycles. The molecule has 0 spiro atoms. The average molecular weight is 415 g/mol. The molecule has 3 aromatic rings. The molecule has 0 radical (unpaired) electrons. The Morgan fingerprint density at radius 1 is 1.14 bits per heavy atom. The fourth-order valence-corrected chi connectivity index (χ4v) is 4.33. The maximum Gasteiger partial charge on any atom is 0.197 e. The Labute approximate surface area is 171 Å². The van der Waals surface area contributed by atoms with Crippen molar-refractivity contribution < 1.29 is 5.11 Å². The van der Waals surface area contributed by atoms with Gasteiger partial charge in [-0.1, -0.05) is 18.2 Å². The quantitative estimate of drug-likeness (QED) is 0.444. The van der Waals surface area contributed by atoms with Crippen molar-refractivity contribution in [2.75, 3.05) is 31.6 Å². The molecule has 4 N–H and O–H groups in total. The monoisotopic (exact) mass is 414 g/mol. The SMILES string of the molecule is OCCNCc1cccc(-c2nc(-c3csc(NC4=NCCCN4)n3)cs2)c1. The summed E-state index contributed by atoms with van der Waals surface area (Å²) in [6, 6.07) is 8.31. The zero-order valence-corrected chi connectivity index (χ0v) is 16.9. The number of aliphatic hydroxyl groups is 1.